The molecule has 1 atom stereocenters. The van der Waals surface area contributed by atoms with Gasteiger partial charge >= 0.3 is 5.97 Å². The zero-order chi connectivity index (χ0) is 8.69. The lowest BCUT2D eigenvalue weighted by Crippen LogP contribution is -1.85. The van der Waals surface area contributed by atoms with Crippen LogP contribution in [0.5, 0.6) is 0 Å². The molecule has 2 heteroatoms. The minimum absolute atomic E-state index is 0.522. The third kappa shape index (κ3) is 6.84. The number of carboxylic acids is 1. The number of carbonyl (C=O) groups is 1. The second kappa shape index (κ2) is 5.71. The van der Waals surface area contributed by atoms with Crippen LogP contribution in [0.15, 0.2) is 24.3 Å². The highest BCUT2D eigenvalue weighted by Crippen LogP contribution is 2.01. The van der Waals surface area contributed by atoms with E-state index in [0.717, 1.165) is 12.5 Å². The van der Waals surface area contributed by atoms with Crippen molar-refractivity contribution in [3.05, 3.63) is 24.3 Å². The van der Waals surface area contributed by atoms with Crippen LogP contribution in [0.25, 0.3) is 0 Å². The number of hydrogen-bond acceptors (Lipinski definition) is 1. The molecule has 0 radical (unpaired) electrons. The van der Waals surface area contributed by atoms with Crippen LogP contribution < -0.4 is 0 Å². The molecule has 0 saturated carbocycles. The average Bonchev–Trinajstić information content (AvgIpc) is 1.97. The molecule has 0 aliphatic heterocycles. The summed E-state index contributed by atoms with van der Waals surface area (Å²) in [5.74, 6) is -0.382. The molecule has 0 aliphatic carbocycles. The van der Waals surface area contributed by atoms with Crippen LogP contribution in [0.3, 0.4) is 0 Å². The molecule has 0 bridgehead atoms. The van der Waals surface area contributed by atoms with Crippen LogP contribution in [-0.2, 0) is 4.79 Å². The maximum Gasteiger partial charge on any atom is 0.328 e. The first-order valence-electron chi connectivity index (χ1n) is 3.74. The van der Waals surface area contributed by atoms with Crippen molar-refractivity contribution in [3.63, 3.8) is 0 Å². The molecule has 62 valence electrons. The van der Waals surface area contributed by atoms with Gasteiger partial charge in [-0.15, -0.1) is 0 Å². The van der Waals surface area contributed by atoms with Crippen LogP contribution in [0, 0.1) is 5.92 Å². The van der Waals surface area contributed by atoms with Gasteiger partial charge in [-0.05, 0) is 5.92 Å². The van der Waals surface area contributed by atoms with Gasteiger partial charge in [0.05, 0.1) is 0 Å². The Labute approximate surface area is 67.2 Å². The topological polar surface area (TPSA) is 37.3 Å². The number of carboxylic acid groups (broad SMARTS) is 1. The van der Waals surface area contributed by atoms with Crippen molar-refractivity contribution in [2.45, 2.75) is 20.3 Å². The molecule has 0 rings (SSSR count). The highest BCUT2D eigenvalue weighted by molar-refractivity contribution is 5.80. The molecule has 0 aromatic rings. The lowest BCUT2D eigenvalue weighted by Gasteiger charge is -1.96. The predicted octanol–water partition coefficient (Wildman–Crippen LogP) is 2.23. The maximum absolute atomic E-state index is 9.99. The number of aliphatic carboxylic acids is 1. The summed E-state index contributed by atoms with van der Waals surface area (Å²) in [7, 11) is 0. The third-order valence-electron chi connectivity index (χ3n) is 1.43. The molecule has 2 nitrogen and oxygen atoms in total. The standard InChI is InChI=1S/C9H14O2/c1-3-8(2)6-4-5-7-9(10)11/h4-8H,3H2,1-2H3,(H,10,11)/t8-/m0/s1. The fourth-order valence-corrected chi connectivity index (χ4v) is 0.528. The zero-order valence-electron chi connectivity index (χ0n) is 6.95. The molecule has 0 fully saturated rings. The van der Waals surface area contributed by atoms with E-state index in [-0.39, 0.29) is 0 Å². The molecule has 0 aliphatic rings. The summed E-state index contributed by atoms with van der Waals surface area (Å²) in [6.07, 6.45) is 7.49. The Kier molecular flexibility index (Phi) is 5.17. The van der Waals surface area contributed by atoms with E-state index >= 15 is 0 Å². The van der Waals surface area contributed by atoms with E-state index in [1.165, 1.54) is 6.08 Å². The Hall–Kier alpha value is -1.05. The number of hydrogen-bond donors (Lipinski definition) is 1. The molecule has 0 spiro atoms. The Morgan fingerprint density at radius 1 is 1.55 bits per heavy atom. The summed E-state index contributed by atoms with van der Waals surface area (Å²) in [4.78, 5) is 9.99. The second-order valence-electron chi connectivity index (χ2n) is 2.47. The first-order valence-corrected chi connectivity index (χ1v) is 3.74. The van der Waals surface area contributed by atoms with Gasteiger partial charge in [0, 0.05) is 6.08 Å². The van der Waals surface area contributed by atoms with E-state index in [2.05, 4.69) is 13.8 Å². The smallest absolute Gasteiger partial charge is 0.328 e. The molecule has 0 amide bonds. The first-order chi connectivity index (χ1) is 5.16. The molecule has 0 aromatic heterocycles. The van der Waals surface area contributed by atoms with Crippen molar-refractivity contribution in [3.8, 4) is 0 Å². The van der Waals surface area contributed by atoms with E-state index in [1.54, 1.807) is 6.08 Å². The van der Waals surface area contributed by atoms with E-state index in [0.29, 0.717) is 5.92 Å². The van der Waals surface area contributed by atoms with Crippen molar-refractivity contribution < 1.29 is 9.90 Å². The summed E-state index contributed by atoms with van der Waals surface area (Å²) in [6, 6.07) is 0. The predicted molar refractivity (Wildman–Crippen MR) is 45.4 cm³/mol. The Balaban J connectivity index is 3.67. The fraction of sp³-hybridized carbons (Fsp3) is 0.444. The van der Waals surface area contributed by atoms with Crippen LogP contribution in [0.1, 0.15) is 20.3 Å². The van der Waals surface area contributed by atoms with Gasteiger partial charge in [-0.3, -0.25) is 0 Å². The van der Waals surface area contributed by atoms with Crippen LogP contribution in [0.4, 0.5) is 0 Å². The monoisotopic (exact) mass is 154 g/mol. The molecule has 0 aromatic carbocycles. The van der Waals surface area contributed by atoms with Crippen molar-refractivity contribution in [1.82, 2.24) is 0 Å². The van der Waals surface area contributed by atoms with Gasteiger partial charge in [0.1, 0.15) is 0 Å². The van der Waals surface area contributed by atoms with Gasteiger partial charge < -0.3 is 5.11 Å². The maximum atomic E-state index is 9.99. The molecule has 1 N–H and O–H groups in total. The van der Waals surface area contributed by atoms with Gasteiger partial charge in [-0.25, -0.2) is 4.79 Å². The third-order valence-corrected chi connectivity index (χ3v) is 1.43. The van der Waals surface area contributed by atoms with Crippen LogP contribution in [-0.4, -0.2) is 11.1 Å². The minimum Gasteiger partial charge on any atom is -0.478 e. The molecule has 0 unspecified atom stereocenters. The summed E-state index contributed by atoms with van der Waals surface area (Å²) >= 11 is 0. The van der Waals surface area contributed by atoms with Gasteiger partial charge in [-0.1, -0.05) is 38.5 Å². The van der Waals surface area contributed by atoms with Gasteiger partial charge in [0.15, 0.2) is 0 Å². The van der Waals surface area contributed by atoms with E-state index < -0.39 is 5.97 Å². The summed E-state index contributed by atoms with van der Waals surface area (Å²) in [5.41, 5.74) is 0. The molecule has 0 saturated heterocycles. The Morgan fingerprint density at radius 2 is 2.18 bits per heavy atom. The normalized spacial score (nSPS) is 14.4. The lowest BCUT2D eigenvalue weighted by molar-refractivity contribution is -0.131. The SMILES string of the molecule is CC[C@H](C)C=CC=CC(=O)O. The Morgan fingerprint density at radius 3 is 2.64 bits per heavy atom. The van der Waals surface area contributed by atoms with Crippen molar-refractivity contribution in [2.75, 3.05) is 0 Å². The molecular weight excluding hydrogens is 140 g/mol. The summed E-state index contributed by atoms with van der Waals surface area (Å²) < 4.78 is 0. The summed E-state index contributed by atoms with van der Waals surface area (Å²) in [5, 5.41) is 8.22. The number of allylic oxidation sites excluding steroid dienone is 3. The average molecular weight is 154 g/mol. The fourth-order valence-electron chi connectivity index (χ4n) is 0.528. The molecule has 0 heterocycles. The van der Waals surface area contributed by atoms with Crippen molar-refractivity contribution in [2.24, 2.45) is 5.92 Å². The lowest BCUT2D eigenvalue weighted by atomic mass is 10.1. The quantitative estimate of drug-likeness (QED) is 0.498. The second-order valence-corrected chi connectivity index (χ2v) is 2.47. The number of rotatable bonds is 4. The van der Waals surface area contributed by atoms with Crippen molar-refractivity contribution in [1.29, 1.82) is 0 Å². The Bertz CT molecular complexity index is 168. The van der Waals surface area contributed by atoms with Gasteiger partial charge in [-0.2, -0.15) is 0 Å². The highest BCUT2D eigenvalue weighted by atomic mass is 16.4. The first kappa shape index (κ1) is 9.95. The highest BCUT2D eigenvalue weighted by Gasteiger charge is 1.88. The summed E-state index contributed by atoms with van der Waals surface area (Å²) in [6.45, 7) is 4.18. The largest absolute Gasteiger partial charge is 0.478 e. The zero-order valence-corrected chi connectivity index (χ0v) is 6.95. The van der Waals surface area contributed by atoms with Gasteiger partial charge in [0.2, 0.25) is 0 Å². The van der Waals surface area contributed by atoms with Crippen LogP contribution >= 0.6 is 0 Å². The molecule has 11 heavy (non-hydrogen) atoms. The molecular formula is C9H14O2. The van der Waals surface area contributed by atoms with E-state index in [4.69, 9.17) is 5.11 Å². The van der Waals surface area contributed by atoms with E-state index in [1.807, 2.05) is 6.08 Å². The van der Waals surface area contributed by atoms with Crippen molar-refractivity contribution >= 4 is 5.97 Å². The van der Waals surface area contributed by atoms with E-state index in [9.17, 15) is 4.79 Å². The van der Waals surface area contributed by atoms with Crippen LogP contribution in [0.2, 0.25) is 0 Å². The van der Waals surface area contributed by atoms with Gasteiger partial charge in [0.25, 0.3) is 0 Å². The minimum atomic E-state index is -0.904.